The van der Waals surface area contributed by atoms with Crippen molar-refractivity contribution in [2.24, 2.45) is 4.99 Å². The van der Waals surface area contributed by atoms with E-state index in [2.05, 4.69) is 58.4 Å². The van der Waals surface area contributed by atoms with Crippen LogP contribution in [0, 0.1) is 0 Å². The number of rotatable bonds is 9. The van der Waals surface area contributed by atoms with Crippen molar-refractivity contribution < 1.29 is 18.3 Å². The van der Waals surface area contributed by atoms with Crippen LogP contribution >= 0.6 is 0 Å². The smallest absolute Gasteiger partial charge is 0.241 e. The molecule has 2 N–H and O–H groups in total. The molecule has 1 fully saturated rings. The third-order valence-electron chi connectivity index (χ3n) is 7.04. The minimum atomic E-state index is -3.78. The molecular weight excluding hydrogens is 472 g/mol. The molecule has 0 bridgehead atoms. The van der Waals surface area contributed by atoms with Gasteiger partial charge in [0.05, 0.1) is 18.0 Å². The van der Waals surface area contributed by atoms with Crippen molar-refractivity contribution in [3.05, 3.63) is 52.6 Å². The summed E-state index contributed by atoms with van der Waals surface area (Å²) < 4.78 is 36.2. The third-order valence-corrected chi connectivity index (χ3v) is 8.66. The monoisotopic (exact) mass is 514 g/mol. The van der Waals surface area contributed by atoms with E-state index in [1.54, 1.807) is 24.4 Å². The molecule has 1 aliphatic carbocycles. The fourth-order valence-corrected chi connectivity index (χ4v) is 6.87. The van der Waals surface area contributed by atoms with Crippen molar-refractivity contribution in [2.45, 2.75) is 102 Å². The Hall–Kier alpha value is -2.38. The second kappa shape index (κ2) is 11.8. The quantitative estimate of drug-likeness (QED) is 0.375. The number of aromatic hydroxyl groups is 1. The second-order valence-corrected chi connectivity index (χ2v) is 12.4. The van der Waals surface area contributed by atoms with Gasteiger partial charge in [-0.15, -0.1) is 0 Å². The number of hydrogen-bond acceptors (Lipinski definition) is 5. The van der Waals surface area contributed by atoms with E-state index in [1.807, 2.05) is 0 Å². The van der Waals surface area contributed by atoms with Crippen LogP contribution in [-0.2, 0) is 10.0 Å². The van der Waals surface area contributed by atoms with Gasteiger partial charge in [-0.1, -0.05) is 72.6 Å². The Balaban J connectivity index is 1.98. The number of methoxy groups -OCH3 is 1. The summed E-state index contributed by atoms with van der Waals surface area (Å²) in [7, 11) is -2.28. The van der Waals surface area contributed by atoms with Crippen LogP contribution in [0.15, 0.2) is 40.2 Å². The number of nitrogens with one attached hydrogen (secondary N) is 1. The minimum absolute atomic E-state index is 0.0325. The molecule has 36 heavy (non-hydrogen) atoms. The molecule has 1 aliphatic rings. The molecule has 198 valence electrons. The van der Waals surface area contributed by atoms with Crippen LogP contribution in [0.4, 0.5) is 0 Å². The highest BCUT2D eigenvalue weighted by atomic mass is 32.2. The first-order valence-corrected chi connectivity index (χ1v) is 14.5. The van der Waals surface area contributed by atoms with Gasteiger partial charge in [-0.05, 0) is 59.4 Å². The van der Waals surface area contributed by atoms with Crippen LogP contribution in [0.3, 0.4) is 0 Å². The molecule has 7 heteroatoms. The van der Waals surface area contributed by atoms with E-state index >= 15 is 0 Å². The number of phenolic OH excluding ortho intramolecular Hbond substituents is 1. The summed E-state index contributed by atoms with van der Waals surface area (Å²) in [5.74, 6) is 0.875. The Bertz CT molecular complexity index is 1160. The lowest BCUT2D eigenvalue weighted by Crippen LogP contribution is -2.44. The molecule has 6 nitrogen and oxygen atoms in total. The van der Waals surface area contributed by atoms with Crippen LogP contribution < -0.4 is 9.46 Å². The van der Waals surface area contributed by atoms with Crippen molar-refractivity contribution in [3.8, 4) is 11.5 Å². The molecular formula is C29H42N2O4S. The predicted octanol–water partition coefficient (Wildman–Crippen LogP) is 6.48. The highest BCUT2D eigenvalue weighted by molar-refractivity contribution is 7.89. The van der Waals surface area contributed by atoms with Gasteiger partial charge in [-0.2, -0.15) is 0 Å². The number of para-hydroxylation sites is 1. The average Bonchev–Trinajstić information content (AvgIpc) is 2.83. The zero-order valence-electron chi connectivity index (χ0n) is 22.7. The Morgan fingerprint density at radius 2 is 1.61 bits per heavy atom. The number of sulfonamides is 1. The van der Waals surface area contributed by atoms with E-state index in [-0.39, 0.29) is 29.7 Å². The molecule has 1 saturated carbocycles. The van der Waals surface area contributed by atoms with Crippen LogP contribution in [-0.4, -0.2) is 38.9 Å². The van der Waals surface area contributed by atoms with E-state index in [0.717, 1.165) is 36.8 Å². The molecule has 3 rings (SSSR count). The van der Waals surface area contributed by atoms with E-state index in [0.29, 0.717) is 22.1 Å². The third kappa shape index (κ3) is 6.30. The first kappa shape index (κ1) is 28.2. The van der Waals surface area contributed by atoms with Crippen LogP contribution in [0.5, 0.6) is 11.5 Å². The van der Waals surface area contributed by atoms with Crippen molar-refractivity contribution >= 4 is 16.2 Å². The van der Waals surface area contributed by atoms with E-state index in [9.17, 15) is 13.5 Å². The molecule has 0 radical (unpaired) electrons. The molecule has 0 amide bonds. The minimum Gasteiger partial charge on any atom is -0.504 e. The number of phenols is 1. The van der Waals surface area contributed by atoms with E-state index < -0.39 is 10.0 Å². The van der Waals surface area contributed by atoms with Crippen molar-refractivity contribution in [1.82, 2.24) is 4.72 Å². The maximum Gasteiger partial charge on any atom is 0.241 e. The molecule has 0 aliphatic heterocycles. The molecule has 0 spiro atoms. The standard InChI is InChI=1S/C29H42N2O4S/c1-18(2)22-15-23(19(3)4)29(24(16-22)20(5)6)36(33,34)31-26-13-9-8-12-25(26)30-17-21-11-10-14-27(35-7)28(21)32/h10-11,14-20,25-26,31-32H,8-9,12-13H2,1-7H3/t25-,26-/m1/s1. The average molecular weight is 515 g/mol. The van der Waals surface area contributed by atoms with Crippen molar-refractivity contribution in [1.29, 1.82) is 0 Å². The Kier molecular flexibility index (Phi) is 9.23. The van der Waals surface area contributed by atoms with Gasteiger partial charge < -0.3 is 9.84 Å². The fourth-order valence-electron chi connectivity index (χ4n) is 4.87. The molecule has 2 aromatic carbocycles. The molecule has 2 atom stereocenters. The fraction of sp³-hybridized carbons (Fsp3) is 0.552. The normalized spacial score (nSPS) is 19.1. The predicted molar refractivity (Wildman–Crippen MR) is 147 cm³/mol. The maximum atomic E-state index is 14.0. The van der Waals surface area contributed by atoms with Gasteiger partial charge in [0.1, 0.15) is 0 Å². The summed E-state index contributed by atoms with van der Waals surface area (Å²) in [5, 5.41) is 10.4. The lowest BCUT2D eigenvalue weighted by Gasteiger charge is -2.31. The van der Waals surface area contributed by atoms with Gasteiger partial charge >= 0.3 is 0 Å². The summed E-state index contributed by atoms with van der Waals surface area (Å²) in [6.45, 7) is 12.5. The second-order valence-electron chi connectivity index (χ2n) is 10.7. The highest BCUT2D eigenvalue weighted by Crippen LogP contribution is 2.36. The summed E-state index contributed by atoms with van der Waals surface area (Å²) in [5.41, 5.74) is 3.46. The zero-order chi connectivity index (χ0) is 26.6. The maximum absolute atomic E-state index is 14.0. The van der Waals surface area contributed by atoms with Gasteiger partial charge in [0, 0.05) is 17.8 Å². The van der Waals surface area contributed by atoms with Crippen molar-refractivity contribution in [2.75, 3.05) is 7.11 Å². The van der Waals surface area contributed by atoms with Crippen LogP contribution in [0.2, 0.25) is 0 Å². The first-order valence-electron chi connectivity index (χ1n) is 13.0. The topological polar surface area (TPSA) is 88.0 Å². The lowest BCUT2D eigenvalue weighted by atomic mass is 9.89. The van der Waals surface area contributed by atoms with Gasteiger partial charge in [0.15, 0.2) is 11.5 Å². The molecule has 0 unspecified atom stereocenters. The Morgan fingerprint density at radius 3 is 2.17 bits per heavy atom. The van der Waals surface area contributed by atoms with Gasteiger partial charge in [-0.3, -0.25) is 4.99 Å². The van der Waals surface area contributed by atoms with Gasteiger partial charge in [0.2, 0.25) is 10.0 Å². The van der Waals surface area contributed by atoms with E-state index in [4.69, 9.17) is 9.73 Å². The lowest BCUT2D eigenvalue weighted by molar-refractivity contribution is 0.363. The van der Waals surface area contributed by atoms with Crippen molar-refractivity contribution in [3.63, 3.8) is 0 Å². The number of hydrogen-bond donors (Lipinski definition) is 2. The number of aliphatic imine (C=N–C) groups is 1. The number of nitrogens with zero attached hydrogens (tertiary/aromatic N) is 1. The summed E-state index contributed by atoms with van der Waals surface area (Å²) >= 11 is 0. The molecule has 0 heterocycles. The molecule has 0 aromatic heterocycles. The van der Waals surface area contributed by atoms with Gasteiger partial charge in [-0.25, -0.2) is 13.1 Å². The SMILES string of the molecule is COc1cccc(C=N[C@@H]2CCCC[C@H]2NS(=O)(=O)c2c(C(C)C)cc(C(C)C)cc2C(C)C)c1O. The molecule has 2 aromatic rings. The summed E-state index contributed by atoms with van der Waals surface area (Å²) in [6, 6.07) is 8.87. The van der Waals surface area contributed by atoms with E-state index in [1.165, 1.54) is 12.7 Å². The zero-order valence-corrected chi connectivity index (χ0v) is 23.5. The number of benzene rings is 2. The largest absolute Gasteiger partial charge is 0.504 e. The Morgan fingerprint density at radius 1 is 1.00 bits per heavy atom. The Labute approximate surface area is 217 Å². The summed E-state index contributed by atoms with van der Waals surface area (Å²) in [4.78, 5) is 5.16. The summed E-state index contributed by atoms with van der Waals surface area (Å²) in [6.07, 6.45) is 5.08. The number of ether oxygens (including phenoxy) is 1. The first-order chi connectivity index (χ1) is 17.0. The highest BCUT2D eigenvalue weighted by Gasteiger charge is 2.33. The van der Waals surface area contributed by atoms with Crippen LogP contribution in [0.1, 0.15) is 107 Å². The molecule has 0 saturated heterocycles. The van der Waals surface area contributed by atoms with Gasteiger partial charge in [0.25, 0.3) is 0 Å². The van der Waals surface area contributed by atoms with Crippen LogP contribution in [0.25, 0.3) is 0 Å².